The maximum absolute atomic E-state index is 13.6. The van der Waals surface area contributed by atoms with Gasteiger partial charge < -0.3 is 5.11 Å². The normalized spacial score (nSPS) is 10.3. The van der Waals surface area contributed by atoms with E-state index >= 15 is 0 Å². The molecule has 3 aromatic carbocycles. The van der Waals surface area contributed by atoms with E-state index in [2.05, 4.69) is 5.18 Å². The summed E-state index contributed by atoms with van der Waals surface area (Å²) in [7, 11) is 0. The lowest BCUT2D eigenvalue weighted by molar-refractivity contribution is 0.0999. The predicted molar refractivity (Wildman–Crippen MR) is 92.9 cm³/mol. The minimum absolute atomic E-state index is 0.0803. The topological polar surface area (TPSA) is 70.0 Å². The van der Waals surface area contributed by atoms with E-state index in [9.17, 15) is 19.2 Å². The zero-order valence-electron chi connectivity index (χ0n) is 13.0. The number of anilines is 2. The number of carbonyl (C=O) groups is 1. The highest BCUT2D eigenvalue weighted by atomic mass is 19.1. The van der Waals surface area contributed by atoms with Gasteiger partial charge in [-0.2, -0.15) is 0 Å². The van der Waals surface area contributed by atoms with E-state index in [0.717, 1.165) is 12.1 Å². The van der Waals surface area contributed by atoms with Crippen molar-refractivity contribution in [3.05, 3.63) is 89.1 Å². The van der Waals surface area contributed by atoms with Crippen LogP contribution in [-0.4, -0.2) is 11.0 Å². The van der Waals surface area contributed by atoms with Crippen molar-refractivity contribution >= 4 is 23.0 Å². The highest BCUT2D eigenvalue weighted by molar-refractivity contribution is 6.11. The zero-order chi connectivity index (χ0) is 17.8. The molecule has 3 aromatic rings. The van der Waals surface area contributed by atoms with E-state index in [1.807, 2.05) is 6.07 Å². The lowest BCUT2D eigenvalue weighted by atomic mass is 10.1. The third-order valence-corrected chi connectivity index (χ3v) is 3.63. The summed E-state index contributed by atoms with van der Waals surface area (Å²) in [6, 6.07) is 18.4. The summed E-state index contributed by atoms with van der Waals surface area (Å²) >= 11 is 0. The zero-order valence-corrected chi connectivity index (χ0v) is 13.0. The van der Waals surface area contributed by atoms with Gasteiger partial charge in [-0.1, -0.05) is 18.2 Å². The molecular weight excluding hydrogens is 323 g/mol. The summed E-state index contributed by atoms with van der Waals surface area (Å²) in [6.07, 6.45) is 0. The number of phenols is 1. The van der Waals surface area contributed by atoms with E-state index in [1.54, 1.807) is 36.4 Å². The summed E-state index contributed by atoms with van der Waals surface area (Å²) < 4.78 is 13.6. The van der Waals surface area contributed by atoms with Gasteiger partial charge in [-0.3, -0.25) is 9.69 Å². The molecule has 5 nitrogen and oxygen atoms in total. The van der Waals surface area contributed by atoms with Crippen molar-refractivity contribution < 1.29 is 14.3 Å². The van der Waals surface area contributed by atoms with Gasteiger partial charge in [0.15, 0.2) is 11.6 Å². The second-order valence-corrected chi connectivity index (χ2v) is 5.25. The minimum Gasteiger partial charge on any atom is -0.505 e. The van der Waals surface area contributed by atoms with Gasteiger partial charge in [-0.15, -0.1) is 4.91 Å². The number of phenolic OH excluding ortho intramolecular Hbond substituents is 1. The van der Waals surface area contributed by atoms with Crippen LogP contribution in [0.25, 0.3) is 0 Å². The summed E-state index contributed by atoms with van der Waals surface area (Å²) in [4.78, 5) is 24.9. The van der Waals surface area contributed by atoms with Crippen molar-refractivity contribution in [2.75, 3.05) is 4.90 Å². The number of benzene rings is 3. The van der Waals surface area contributed by atoms with Gasteiger partial charge in [0, 0.05) is 16.9 Å². The Hall–Kier alpha value is -3.54. The quantitative estimate of drug-likeness (QED) is 0.688. The monoisotopic (exact) mass is 336 g/mol. The van der Waals surface area contributed by atoms with Gasteiger partial charge in [0.1, 0.15) is 5.69 Å². The standard InChI is InChI=1S/C19H13FN2O3/c20-17-12-13(6-11-18(17)23)19(24)22(15-4-2-1-3-5-15)16-9-7-14(21-25)8-10-16/h1-12,23H. The summed E-state index contributed by atoms with van der Waals surface area (Å²) in [5.74, 6) is -1.87. The average Bonchev–Trinajstić information content (AvgIpc) is 2.65. The number of hydrogen-bond donors (Lipinski definition) is 1. The Bertz CT molecular complexity index is 912. The molecule has 0 unspecified atom stereocenters. The number of hydrogen-bond acceptors (Lipinski definition) is 4. The fourth-order valence-electron chi connectivity index (χ4n) is 2.39. The van der Waals surface area contributed by atoms with Crippen molar-refractivity contribution in [1.29, 1.82) is 0 Å². The van der Waals surface area contributed by atoms with Crippen LogP contribution in [0, 0.1) is 10.7 Å². The van der Waals surface area contributed by atoms with E-state index in [-0.39, 0.29) is 11.3 Å². The smallest absolute Gasteiger partial charge is 0.262 e. The fourth-order valence-corrected chi connectivity index (χ4v) is 2.39. The highest BCUT2D eigenvalue weighted by Crippen LogP contribution is 2.29. The SMILES string of the molecule is O=Nc1ccc(N(C(=O)c2ccc(O)c(F)c2)c2ccccc2)cc1. The Labute approximate surface area is 142 Å². The van der Waals surface area contributed by atoms with Crippen LogP contribution in [0.4, 0.5) is 21.5 Å². The molecule has 0 atom stereocenters. The van der Waals surface area contributed by atoms with Crippen LogP contribution in [0.5, 0.6) is 5.75 Å². The number of nitrogens with zero attached hydrogens (tertiary/aromatic N) is 2. The van der Waals surface area contributed by atoms with Crippen LogP contribution in [0.15, 0.2) is 78.0 Å². The maximum Gasteiger partial charge on any atom is 0.262 e. The molecule has 0 spiro atoms. The Morgan fingerprint density at radius 3 is 2.16 bits per heavy atom. The molecule has 0 fully saturated rings. The Morgan fingerprint density at radius 1 is 0.920 bits per heavy atom. The molecule has 0 saturated carbocycles. The summed E-state index contributed by atoms with van der Waals surface area (Å²) in [6.45, 7) is 0. The van der Waals surface area contributed by atoms with E-state index < -0.39 is 17.5 Å². The molecule has 124 valence electrons. The van der Waals surface area contributed by atoms with Gasteiger partial charge in [-0.25, -0.2) is 4.39 Å². The van der Waals surface area contributed by atoms with E-state index in [1.165, 1.54) is 23.1 Å². The van der Waals surface area contributed by atoms with Gasteiger partial charge in [0.05, 0.1) is 0 Å². The largest absolute Gasteiger partial charge is 0.505 e. The third-order valence-electron chi connectivity index (χ3n) is 3.63. The molecule has 25 heavy (non-hydrogen) atoms. The van der Waals surface area contributed by atoms with Crippen LogP contribution in [0.3, 0.4) is 0 Å². The molecule has 1 N–H and O–H groups in total. The number of aromatic hydroxyl groups is 1. The molecule has 0 heterocycles. The second-order valence-electron chi connectivity index (χ2n) is 5.25. The highest BCUT2D eigenvalue weighted by Gasteiger charge is 2.21. The molecule has 0 bridgehead atoms. The lowest BCUT2D eigenvalue weighted by Gasteiger charge is -2.23. The number of carbonyl (C=O) groups excluding carboxylic acids is 1. The third kappa shape index (κ3) is 3.37. The molecule has 6 heteroatoms. The number of para-hydroxylation sites is 1. The van der Waals surface area contributed by atoms with Gasteiger partial charge in [0.25, 0.3) is 5.91 Å². The summed E-state index contributed by atoms with van der Waals surface area (Å²) in [5.41, 5.74) is 1.39. The van der Waals surface area contributed by atoms with E-state index in [0.29, 0.717) is 11.4 Å². The maximum atomic E-state index is 13.6. The molecule has 0 aromatic heterocycles. The van der Waals surface area contributed by atoms with Crippen molar-refractivity contribution in [2.45, 2.75) is 0 Å². The number of rotatable bonds is 4. The van der Waals surface area contributed by atoms with E-state index in [4.69, 9.17) is 0 Å². The first-order valence-corrected chi connectivity index (χ1v) is 7.41. The Kier molecular flexibility index (Phi) is 4.52. The molecule has 0 radical (unpaired) electrons. The van der Waals surface area contributed by atoms with Gasteiger partial charge >= 0.3 is 0 Å². The number of nitroso groups, excluding NO2 is 1. The van der Waals surface area contributed by atoms with Gasteiger partial charge in [0.2, 0.25) is 0 Å². The van der Waals surface area contributed by atoms with Gasteiger partial charge in [-0.05, 0) is 59.8 Å². The Balaban J connectivity index is 2.08. The van der Waals surface area contributed by atoms with Crippen LogP contribution in [0.1, 0.15) is 10.4 Å². The Morgan fingerprint density at radius 2 is 1.56 bits per heavy atom. The van der Waals surface area contributed by atoms with Crippen LogP contribution in [-0.2, 0) is 0 Å². The minimum atomic E-state index is -0.876. The average molecular weight is 336 g/mol. The number of amides is 1. The second kappa shape index (κ2) is 6.92. The fraction of sp³-hybridized carbons (Fsp3) is 0. The molecule has 0 aliphatic heterocycles. The van der Waals surface area contributed by atoms with Crippen LogP contribution < -0.4 is 4.90 Å². The molecule has 0 aliphatic rings. The predicted octanol–water partition coefficient (Wildman–Crippen LogP) is 4.91. The molecular formula is C19H13FN2O3. The van der Waals surface area contributed by atoms with Crippen molar-refractivity contribution in [3.8, 4) is 5.75 Å². The molecule has 3 rings (SSSR count). The van der Waals surface area contributed by atoms with Crippen LogP contribution in [0.2, 0.25) is 0 Å². The molecule has 1 amide bonds. The first-order chi connectivity index (χ1) is 12.1. The lowest BCUT2D eigenvalue weighted by Crippen LogP contribution is -2.26. The van der Waals surface area contributed by atoms with Crippen LogP contribution >= 0.6 is 0 Å². The van der Waals surface area contributed by atoms with Crippen molar-refractivity contribution in [3.63, 3.8) is 0 Å². The van der Waals surface area contributed by atoms with Crippen molar-refractivity contribution in [1.82, 2.24) is 0 Å². The first-order valence-electron chi connectivity index (χ1n) is 7.41. The molecule has 0 aliphatic carbocycles. The first kappa shape index (κ1) is 16.3. The van der Waals surface area contributed by atoms with Crippen molar-refractivity contribution in [2.24, 2.45) is 5.18 Å². The summed E-state index contributed by atoms with van der Waals surface area (Å²) in [5, 5.41) is 12.2. The molecule has 0 saturated heterocycles. The number of halogens is 1.